The highest BCUT2D eigenvalue weighted by Crippen LogP contribution is 2.41. The van der Waals surface area contributed by atoms with Crippen molar-refractivity contribution in [3.63, 3.8) is 0 Å². The van der Waals surface area contributed by atoms with Gasteiger partial charge in [0.2, 0.25) is 0 Å². The summed E-state index contributed by atoms with van der Waals surface area (Å²) < 4.78 is 0. The average molecular weight is 391 g/mol. The Morgan fingerprint density at radius 2 is 1.54 bits per heavy atom. The molecule has 0 bridgehead atoms. The Balaban J connectivity index is 1.27. The summed E-state index contributed by atoms with van der Waals surface area (Å²) in [4.78, 5) is 0. The summed E-state index contributed by atoms with van der Waals surface area (Å²) >= 11 is 5.97. The molecule has 1 aromatic rings. The topological polar surface area (TPSA) is 0 Å². The van der Waals surface area contributed by atoms with E-state index in [4.69, 9.17) is 11.6 Å². The van der Waals surface area contributed by atoms with Crippen LogP contribution in [0.3, 0.4) is 0 Å². The lowest BCUT2D eigenvalue weighted by molar-refractivity contribution is 0.184. The minimum absolute atomic E-state index is 0.287. The molecule has 2 heteroatoms. The van der Waals surface area contributed by atoms with Crippen LogP contribution in [-0.2, 0) is 6.42 Å². The first-order valence-electron chi connectivity index (χ1n) is 11.5. The molecule has 26 heavy (non-hydrogen) atoms. The minimum Gasteiger partial charge on any atom is -0.0843 e. The Kier molecular flexibility index (Phi) is 8.58. The van der Waals surface area contributed by atoms with Gasteiger partial charge in [-0.3, -0.25) is 0 Å². The molecule has 1 aliphatic carbocycles. The second kappa shape index (κ2) is 10.9. The van der Waals surface area contributed by atoms with E-state index in [2.05, 4.69) is 19.1 Å². The predicted octanol–water partition coefficient (Wildman–Crippen LogP) is 7.91. The van der Waals surface area contributed by atoms with Crippen molar-refractivity contribution in [3.05, 3.63) is 34.9 Å². The van der Waals surface area contributed by atoms with Crippen molar-refractivity contribution in [2.45, 2.75) is 95.7 Å². The summed E-state index contributed by atoms with van der Waals surface area (Å²) in [6.45, 7) is 2.38. The molecule has 2 fully saturated rings. The van der Waals surface area contributed by atoms with Crippen LogP contribution in [0.4, 0.5) is 0 Å². The smallest absolute Gasteiger partial charge is 0.0406 e. The summed E-state index contributed by atoms with van der Waals surface area (Å²) in [7, 11) is -0.287. The Bertz CT molecular complexity index is 495. The highest BCUT2D eigenvalue weighted by molar-refractivity contribution is 6.58. The molecule has 0 spiro atoms. The Labute approximate surface area is 168 Å². The molecule has 1 aromatic carbocycles. The van der Waals surface area contributed by atoms with E-state index in [0.29, 0.717) is 0 Å². The van der Waals surface area contributed by atoms with Gasteiger partial charge in [0, 0.05) is 13.8 Å². The van der Waals surface area contributed by atoms with Crippen LogP contribution in [0, 0.1) is 17.8 Å². The molecule has 146 valence electrons. The fourth-order valence-electron chi connectivity index (χ4n) is 5.72. The maximum Gasteiger partial charge on any atom is 0.0406 e. The van der Waals surface area contributed by atoms with E-state index in [-0.39, 0.29) is 8.80 Å². The number of benzene rings is 1. The molecule has 1 saturated heterocycles. The third-order valence-corrected chi connectivity index (χ3v) is 11.3. The Morgan fingerprint density at radius 1 is 0.885 bits per heavy atom. The minimum atomic E-state index is -0.287. The monoisotopic (exact) mass is 390 g/mol. The van der Waals surface area contributed by atoms with Crippen molar-refractivity contribution in [2.75, 3.05) is 0 Å². The SMILES string of the molecule is CCC[SiH]1CCC(C2CCC(CCCCc3ccc(Cl)cc3)CC2)CC1. The summed E-state index contributed by atoms with van der Waals surface area (Å²) in [5.74, 6) is 3.24. The molecule has 2 aliphatic rings. The van der Waals surface area contributed by atoms with Crippen molar-refractivity contribution >= 4 is 20.4 Å². The van der Waals surface area contributed by atoms with Crippen molar-refractivity contribution in [1.29, 1.82) is 0 Å². The quantitative estimate of drug-likeness (QED) is 0.312. The van der Waals surface area contributed by atoms with Crippen LogP contribution in [-0.4, -0.2) is 8.80 Å². The number of hydrogen-bond acceptors (Lipinski definition) is 0. The molecule has 0 nitrogen and oxygen atoms in total. The summed E-state index contributed by atoms with van der Waals surface area (Å²) in [6, 6.07) is 13.4. The van der Waals surface area contributed by atoms with E-state index in [1.54, 1.807) is 43.8 Å². The summed E-state index contributed by atoms with van der Waals surface area (Å²) in [5.41, 5.74) is 1.44. The van der Waals surface area contributed by atoms with Gasteiger partial charge in [0.15, 0.2) is 0 Å². The van der Waals surface area contributed by atoms with Crippen molar-refractivity contribution in [1.82, 2.24) is 0 Å². The fourth-order valence-corrected chi connectivity index (χ4v) is 9.33. The van der Waals surface area contributed by atoms with Crippen LogP contribution in [0.2, 0.25) is 23.2 Å². The average Bonchev–Trinajstić information content (AvgIpc) is 2.68. The van der Waals surface area contributed by atoms with E-state index >= 15 is 0 Å². The van der Waals surface area contributed by atoms with Crippen molar-refractivity contribution in [2.24, 2.45) is 17.8 Å². The molecule has 3 rings (SSSR count). The van der Waals surface area contributed by atoms with E-state index in [1.165, 1.54) is 50.5 Å². The first kappa shape index (κ1) is 20.5. The molecular weight excluding hydrogens is 352 g/mol. The maximum absolute atomic E-state index is 5.97. The van der Waals surface area contributed by atoms with Gasteiger partial charge in [-0.05, 0) is 61.1 Å². The van der Waals surface area contributed by atoms with Gasteiger partial charge in [-0.15, -0.1) is 0 Å². The van der Waals surface area contributed by atoms with Crippen molar-refractivity contribution < 1.29 is 0 Å². The van der Waals surface area contributed by atoms with Crippen LogP contribution in [0.1, 0.15) is 76.7 Å². The van der Waals surface area contributed by atoms with E-state index in [0.717, 1.165) is 22.8 Å². The van der Waals surface area contributed by atoms with Crippen LogP contribution >= 0.6 is 11.6 Å². The van der Waals surface area contributed by atoms with Gasteiger partial charge in [0.05, 0.1) is 0 Å². The zero-order valence-electron chi connectivity index (χ0n) is 16.9. The van der Waals surface area contributed by atoms with Crippen LogP contribution in [0.5, 0.6) is 0 Å². The maximum atomic E-state index is 5.97. The molecule has 0 atom stereocenters. The highest BCUT2D eigenvalue weighted by Gasteiger charge is 2.30. The molecule has 0 unspecified atom stereocenters. The molecule has 0 N–H and O–H groups in total. The lowest BCUT2D eigenvalue weighted by Crippen LogP contribution is -2.28. The number of rotatable bonds is 8. The summed E-state index contributed by atoms with van der Waals surface area (Å²) in [5, 5.41) is 0.853. The van der Waals surface area contributed by atoms with Gasteiger partial charge in [-0.25, -0.2) is 0 Å². The largest absolute Gasteiger partial charge is 0.0843 e. The van der Waals surface area contributed by atoms with E-state index in [1.807, 2.05) is 12.1 Å². The second-order valence-corrected chi connectivity index (χ2v) is 13.1. The zero-order valence-corrected chi connectivity index (χ0v) is 18.8. The first-order chi connectivity index (χ1) is 12.7. The highest BCUT2D eigenvalue weighted by atomic mass is 35.5. The third-order valence-electron chi connectivity index (χ3n) is 7.39. The Hall–Kier alpha value is -0.273. The van der Waals surface area contributed by atoms with Gasteiger partial charge in [-0.1, -0.05) is 93.7 Å². The molecule has 0 radical (unpaired) electrons. The van der Waals surface area contributed by atoms with Crippen LogP contribution < -0.4 is 0 Å². The Morgan fingerprint density at radius 3 is 2.19 bits per heavy atom. The van der Waals surface area contributed by atoms with Crippen molar-refractivity contribution in [3.8, 4) is 0 Å². The fraction of sp³-hybridized carbons (Fsp3) is 0.750. The lowest BCUT2D eigenvalue weighted by atomic mass is 9.73. The third kappa shape index (κ3) is 6.41. The number of halogens is 1. The van der Waals surface area contributed by atoms with Gasteiger partial charge in [0.25, 0.3) is 0 Å². The second-order valence-electron chi connectivity index (χ2n) is 9.22. The molecular formula is C24H39ClSi. The van der Waals surface area contributed by atoms with Gasteiger partial charge in [0.1, 0.15) is 0 Å². The molecule has 0 amide bonds. The number of hydrogen-bond donors (Lipinski definition) is 0. The molecule has 1 heterocycles. The standard InChI is InChI=1S/C24H39ClSi/c1-2-17-26-18-15-23(16-19-26)22-11-7-20(8-12-22)5-3-4-6-21-9-13-24(25)14-10-21/h9-10,13-14,20,22-23,26H,2-8,11-12,15-19H2,1H3. The zero-order chi connectivity index (χ0) is 18.2. The molecule has 1 saturated carbocycles. The van der Waals surface area contributed by atoms with E-state index in [9.17, 15) is 0 Å². The predicted molar refractivity (Wildman–Crippen MR) is 119 cm³/mol. The van der Waals surface area contributed by atoms with Gasteiger partial charge < -0.3 is 0 Å². The lowest BCUT2D eigenvalue weighted by Gasteiger charge is -2.37. The summed E-state index contributed by atoms with van der Waals surface area (Å²) in [6.07, 6.45) is 16.2. The molecule has 1 aliphatic heterocycles. The van der Waals surface area contributed by atoms with Gasteiger partial charge in [-0.2, -0.15) is 0 Å². The van der Waals surface area contributed by atoms with Crippen LogP contribution in [0.15, 0.2) is 24.3 Å². The normalized spacial score (nSPS) is 29.6. The van der Waals surface area contributed by atoms with Gasteiger partial charge >= 0.3 is 0 Å². The van der Waals surface area contributed by atoms with E-state index < -0.39 is 0 Å². The number of unbranched alkanes of at least 4 members (excludes halogenated alkanes) is 1. The van der Waals surface area contributed by atoms with Crippen LogP contribution in [0.25, 0.3) is 0 Å². The molecule has 0 aromatic heterocycles. The first-order valence-corrected chi connectivity index (χ1v) is 14.3. The number of aryl methyl sites for hydroxylation is 1.